The molecule has 0 bridgehead atoms. The summed E-state index contributed by atoms with van der Waals surface area (Å²) < 4.78 is 5.52. The highest BCUT2D eigenvalue weighted by Crippen LogP contribution is 2.13. The van der Waals surface area contributed by atoms with Gasteiger partial charge in [-0.3, -0.25) is 10.1 Å². The van der Waals surface area contributed by atoms with E-state index in [0.29, 0.717) is 0 Å². The lowest BCUT2D eigenvalue weighted by atomic mass is 10.2. The summed E-state index contributed by atoms with van der Waals surface area (Å²) in [7, 11) is 0. The zero-order chi connectivity index (χ0) is 14.1. The molecular weight excluding hydrogens is 242 g/mol. The third-order valence-corrected chi connectivity index (χ3v) is 2.38. The normalized spacial score (nSPS) is 12.1. The molecule has 0 fully saturated rings. The van der Waals surface area contributed by atoms with E-state index in [2.05, 4.69) is 6.58 Å². The maximum absolute atomic E-state index is 10.9. The van der Waals surface area contributed by atoms with Crippen LogP contribution in [-0.2, 0) is 11.3 Å². The van der Waals surface area contributed by atoms with E-state index in [9.17, 15) is 10.1 Å². The van der Waals surface area contributed by atoms with Gasteiger partial charge < -0.3 is 4.74 Å². The predicted molar refractivity (Wildman–Crippen MR) is 74.9 cm³/mol. The molecule has 100 valence electrons. The van der Waals surface area contributed by atoms with Crippen molar-refractivity contribution in [2.75, 3.05) is 0 Å². The molecule has 19 heavy (non-hydrogen) atoms. The molecule has 0 amide bonds. The summed E-state index contributed by atoms with van der Waals surface area (Å²) in [5.74, 6) is 0.228. The van der Waals surface area contributed by atoms with Crippen LogP contribution in [0, 0.1) is 10.1 Å². The zero-order valence-electron chi connectivity index (χ0n) is 10.9. The van der Waals surface area contributed by atoms with Gasteiger partial charge in [-0.15, -0.1) is 0 Å². The van der Waals surface area contributed by atoms with E-state index in [1.807, 2.05) is 43.3 Å². The Kier molecular flexibility index (Phi) is 6.09. The monoisotopic (exact) mass is 259 g/mol. The van der Waals surface area contributed by atoms with Crippen molar-refractivity contribution in [1.29, 1.82) is 0 Å². The van der Waals surface area contributed by atoms with Gasteiger partial charge in [0.05, 0.1) is 4.92 Å². The summed E-state index contributed by atoms with van der Waals surface area (Å²) in [5, 5.41) is 10.9. The van der Waals surface area contributed by atoms with Crippen molar-refractivity contribution in [2.24, 2.45) is 0 Å². The second-order valence-corrected chi connectivity index (χ2v) is 3.80. The molecule has 4 heteroatoms. The Hall–Kier alpha value is -2.36. The number of ether oxygens (including phenoxy) is 1. The maximum atomic E-state index is 10.9. The molecule has 0 atom stereocenters. The van der Waals surface area contributed by atoms with Gasteiger partial charge in [-0.2, -0.15) is 0 Å². The van der Waals surface area contributed by atoms with E-state index >= 15 is 0 Å². The minimum atomic E-state index is -0.493. The van der Waals surface area contributed by atoms with E-state index in [-0.39, 0.29) is 18.1 Å². The molecule has 0 aliphatic carbocycles. The molecule has 0 aromatic heterocycles. The van der Waals surface area contributed by atoms with Gasteiger partial charge in [0.25, 0.3) is 0 Å². The van der Waals surface area contributed by atoms with Crippen molar-refractivity contribution >= 4 is 0 Å². The highest BCUT2D eigenvalue weighted by molar-refractivity contribution is 5.23. The molecule has 0 radical (unpaired) electrons. The lowest BCUT2D eigenvalue weighted by Gasteiger charge is -2.07. The van der Waals surface area contributed by atoms with Crippen LogP contribution in [-0.4, -0.2) is 4.92 Å². The molecule has 0 spiro atoms. The topological polar surface area (TPSA) is 52.4 Å². The molecule has 0 unspecified atom stereocenters. The van der Waals surface area contributed by atoms with Crippen molar-refractivity contribution < 1.29 is 9.66 Å². The van der Waals surface area contributed by atoms with E-state index in [4.69, 9.17) is 4.74 Å². The van der Waals surface area contributed by atoms with Gasteiger partial charge in [-0.25, -0.2) is 0 Å². The molecule has 4 nitrogen and oxygen atoms in total. The fraction of sp³-hybridized carbons (Fsp3) is 0.200. The Morgan fingerprint density at radius 2 is 2.11 bits per heavy atom. The maximum Gasteiger partial charge on any atom is 0.310 e. The molecule has 1 rings (SSSR count). The molecule has 1 aromatic carbocycles. The fourth-order valence-electron chi connectivity index (χ4n) is 1.43. The molecule has 0 heterocycles. The van der Waals surface area contributed by atoms with Gasteiger partial charge in [0.1, 0.15) is 6.61 Å². The molecule has 0 saturated carbocycles. The van der Waals surface area contributed by atoms with E-state index in [1.165, 1.54) is 6.08 Å². The van der Waals surface area contributed by atoms with Crippen LogP contribution in [0.2, 0.25) is 0 Å². The van der Waals surface area contributed by atoms with Crippen molar-refractivity contribution in [3.05, 3.63) is 82.3 Å². The first-order valence-electron chi connectivity index (χ1n) is 6.03. The minimum absolute atomic E-state index is 0.124. The number of nitro groups is 1. The van der Waals surface area contributed by atoms with Crippen LogP contribution in [0.3, 0.4) is 0 Å². The Bertz CT molecular complexity index is 489. The first-order chi connectivity index (χ1) is 9.19. The Labute approximate surface area is 112 Å². The van der Waals surface area contributed by atoms with Crippen molar-refractivity contribution in [3.63, 3.8) is 0 Å². The summed E-state index contributed by atoms with van der Waals surface area (Å²) in [6.45, 7) is 5.69. The average molecular weight is 259 g/mol. The highest BCUT2D eigenvalue weighted by atomic mass is 16.6. The molecular formula is C15H17NO3. The number of hydrogen-bond acceptors (Lipinski definition) is 3. The van der Waals surface area contributed by atoms with Gasteiger partial charge in [-0.05, 0) is 18.1 Å². The number of rotatable bonds is 7. The largest absolute Gasteiger partial charge is 0.482 e. The van der Waals surface area contributed by atoms with Gasteiger partial charge in [0, 0.05) is 6.08 Å². The molecule has 0 aliphatic heterocycles. The van der Waals surface area contributed by atoms with Crippen molar-refractivity contribution in [3.8, 4) is 0 Å². The van der Waals surface area contributed by atoms with Crippen LogP contribution < -0.4 is 0 Å². The Balaban J connectivity index is 2.89. The van der Waals surface area contributed by atoms with Gasteiger partial charge in [0.2, 0.25) is 0 Å². The van der Waals surface area contributed by atoms with E-state index < -0.39 is 4.92 Å². The number of nitrogens with zero attached hydrogens (tertiary/aromatic N) is 1. The molecule has 1 aromatic rings. The smallest absolute Gasteiger partial charge is 0.310 e. The summed E-state index contributed by atoms with van der Waals surface area (Å²) in [6.07, 6.45) is 5.40. The average Bonchev–Trinajstić information content (AvgIpc) is 2.42. The second kappa shape index (κ2) is 7.87. The van der Waals surface area contributed by atoms with Crippen LogP contribution in [0.25, 0.3) is 0 Å². The number of benzene rings is 1. The third kappa shape index (κ3) is 4.79. The highest BCUT2D eigenvalue weighted by Gasteiger charge is 2.14. The van der Waals surface area contributed by atoms with Gasteiger partial charge in [0.15, 0.2) is 5.76 Å². The van der Waals surface area contributed by atoms with E-state index in [0.717, 1.165) is 12.0 Å². The molecule has 0 N–H and O–H groups in total. The summed E-state index contributed by atoms with van der Waals surface area (Å²) >= 11 is 0. The summed E-state index contributed by atoms with van der Waals surface area (Å²) in [4.78, 5) is 10.4. The SMILES string of the molecule is C=C/C(=C(\C=C/CC)OCc1ccccc1)[N+](=O)[O-]. The Morgan fingerprint density at radius 1 is 1.42 bits per heavy atom. The van der Waals surface area contributed by atoms with Crippen molar-refractivity contribution in [1.82, 2.24) is 0 Å². The number of allylic oxidation sites excluding steroid dienone is 3. The number of hydrogen-bond donors (Lipinski definition) is 0. The van der Waals surface area contributed by atoms with Gasteiger partial charge >= 0.3 is 5.70 Å². The fourth-order valence-corrected chi connectivity index (χ4v) is 1.43. The van der Waals surface area contributed by atoms with Crippen molar-refractivity contribution in [2.45, 2.75) is 20.0 Å². The van der Waals surface area contributed by atoms with Gasteiger partial charge in [-0.1, -0.05) is 49.9 Å². The van der Waals surface area contributed by atoms with Crippen LogP contribution in [0.5, 0.6) is 0 Å². The summed E-state index contributed by atoms with van der Waals surface area (Å²) in [5.41, 5.74) is 0.831. The predicted octanol–water partition coefficient (Wildman–Crippen LogP) is 3.84. The second-order valence-electron chi connectivity index (χ2n) is 3.80. The zero-order valence-corrected chi connectivity index (χ0v) is 10.9. The Morgan fingerprint density at radius 3 is 2.63 bits per heavy atom. The standard InChI is InChI=1S/C15H17NO3/c1-3-5-11-15(14(4-2)16(17)18)19-12-13-9-7-6-8-10-13/h4-11H,2-3,12H2,1H3/b11-5-,15-14-. The lowest BCUT2D eigenvalue weighted by Crippen LogP contribution is -2.03. The third-order valence-electron chi connectivity index (χ3n) is 2.38. The molecule has 0 saturated heterocycles. The van der Waals surface area contributed by atoms with Crippen LogP contribution in [0.1, 0.15) is 18.9 Å². The van der Waals surface area contributed by atoms with Crippen LogP contribution in [0.4, 0.5) is 0 Å². The quantitative estimate of drug-likeness (QED) is 0.323. The lowest BCUT2D eigenvalue weighted by molar-refractivity contribution is -0.421. The van der Waals surface area contributed by atoms with Crippen LogP contribution in [0.15, 0.2) is 66.6 Å². The minimum Gasteiger partial charge on any atom is -0.482 e. The van der Waals surface area contributed by atoms with E-state index in [1.54, 1.807) is 6.08 Å². The summed E-state index contributed by atoms with van der Waals surface area (Å²) in [6, 6.07) is 9.50. The van der Waals surface area contributed by atoms with Crippen LogP contribution >= 0.6 is 0 Å². The first kappa shape index (κ1) is 14.7. The molecule has 0 aliphatic rings. The first-order valence-corrected chi connectivity index (χ1v) is 6.03.